The van der Waals surface area contributed by atoms with Crippen molar-refractivity contribution in [1.82, 2.24) is 0 Å². The van der Waals surface area contributed by atoms with Gasteiger partial charge in [0.1, 0.15) is 11.5 Å². The van der Waals surface area contributed by atoms with Crippen molar-refractivity contribution in [2.45, 2.75) is 0 Å². The van der Waals surface area contributed by atoms with Gasteiger partial charge in [0.25, 0.3) is 0 Å². The number of phenols is 2. The van der Waals surface area contributed by atoms with Crippen LogP contribution in [0.2, 0.25) is 0 Å². The Kier molecular flexibility index (Phi) is 6.30. The Hall–Kier alpha value is -4.86. The van der Waals surface area contributed by atoms with E-state index >= 15 is 0 Å². The molecule has 0 bridgehead atoms. The number of benzene rings is 7. The van der Waals surface area contributed by atoms with Crippen LogP contribution < -0.4 is 0 Å². The second-order valence-corrected chi connectivity index (χ2v) is 11.1. The van der Waals surface area contributed by atoms with Gasteiger partial charge in [-0.2, -0.15) is 0 Å². The van der Waals surface area contributed by atoms with Crippen LogP contribution in [0.1, 0.15) is 0 Å². The van der Waals surface area contributed by atoms with Gasteiger partial charge in [0.05, 0.1) is 4.47 Å². The van der Waals surface area contributed by atoms with E-state index in [1.54, 1.807) is 0 Å². The minimum atomic E-state index is 0.0962. The van der Waals surface area contributed by atoms with Crippen molar-refractivity contribution in [3.05, 3.63) is 144 Å². The quantitative estimate of drug-likeness (QED) is 0.213. The smallest absolute Gasteiger partial charge is 0.138 e. The molecule has 2 N–H and O–H groups in total. The summed E-state index contributed by atoms with van der Waals surface area (Å²) < 4.78 is 0.573. The highest BCUT2D eigenvalue weighted by molar-refractivity contribution is 9.10. The third-order valence-corrected chi connectivity index (χ3v) is 8.33. The maximum absolute atomic E-state index is 12.0. The highest BCUT2D eigenvalue weighted by Gasteiger charge is 2.22. The molecule has 3 heteroatoms. The SMILES string of the molecule is Oc1c(Br)cc2cc(-c3ccccc3)ccc2c1-c1c(O)c(-c2ccccc2)cc2cc(-c3ccccc3)ccc12. The maximum atomic E-state index is 12.0. The van der Waals surface area contributed by atoms with E-state index in [2.05, 4.69) is 64.5 Å². The molecule has 0 atom stereocenters. The fourth-order valence-corrected chi connectivity index (χ4v) is 6.17. The summed E-state index contributed by atoms with van der Waals surface area (Å²) in [5.41, 5.74) is 7.24. The Morgan fingerprint density at radius 2 is 0.829 bits per heavy atom. The molecular weight excluding hydrogens is 568 g/mol. The van der Waals surface area contributed by atoms with Crippen molar-refractivity contribution in [3.63, 3.8) is 0 Å². The lowest BCUT2D eigenvalue weighted by Gasteiger charge is -2.19. The van der Waals surface area contributed by atoms with Gasteiger partial charge >= 0.3 is 0 Å². The lowest BCUT2D eigenvalue weighted by molar-refractivity contribution is 0.469. The van der Waals surface area contributed by atoms with E-state index < -0.39 is 0 Å². The molecule has 0 aliphatic carbocycles. The standard InChI is InChI=1S/C38H25BrO2/c39-34-23-30-21-28(25-12-6-2-7-13-25)17-19-32(30)36(38(34)41)35-31-18-16-27(24-10-4-1-5-11-24)20-29(31)22-33(37(35)40)26-14-8-3-9-15-26/h1-23,40-41H. The minimum absolute atomic E-state index is 0.0962. The van der Waals surface area contributed by atoms with Crippen LogP contribution in [0.5, 0.6) is 11.5 Å². The molecule has 0 aliphatic heterocycles. The molecule has 41 heavy (non-hydrogen) atoms. The number of hydrogen-bond donors (Lipinski definition) is 2. The summed E-state index contributed by atoms with van der Waals surface area (Å²) in [6, 6.07) is 46.9. The van der Waals surface area contributed by atoms with Crippen molar-refractivity contribution >= 4 is 37.5 Å². The van der Waals surface area contributed by atoms with Crippen molar-refractivity contribution in [2.75, 3.05) is 0 Å². The first-order valence-corrected chi connectivity index (χ1v) is 14.3. The number of fused-ring (bicyclic) bond motifs is 2. The van der Waals surface area contributed by atoms with Gasteiger partial charge in [-0.3, -0.25) is 0 Å². The molecule has 0 unspecified atom stereocenters. The summed E-state index contributed by atoms with van der Waals surface area (Å²) in [6.45, 7) is 0. The number of hydrogen-bond acceptors (Lipinski definition) is 2. The number of aromatic hydroxyl groups is 2. The largest absolute Gasteiger partial charge is 0.507 e. The predicted octanol–water partition coefficient (Wildman–Crippen LogP) is 10.8. The van der Waals surface area contributed by atoms with Crippen LogP contribution in [0.25, 0.3) is 66.1 Å². The Bertz CT molecular complexity index is 2050. The number of rotatable bonds is 4. The van der Waals surface area contributed by atoms with Crippen LogP contribution in [-0.4, -0.2) is 10.2 Å². The average Bonchev–Trinajstić information content (AvgIpc) is 3.03. The van der Waals surface area contributed by atoms with Gasteiger partial charge in [0.15, 0.2) is 0 Å². The second-order valence-electron chi connectivity index (χ2n) is 10.2. The fourth-order valence-electron chi connectivity index (χ4n) is 5.72. The zero-order valence-corrected chi connectivity index (χ0v) is 23.6. The van der Waals surface area contributed by atoms with Crippen molar-refractivity contribution in [1.29, 1.82) is 0 Å². The van der Waals surface area contributed by atoms with Gasteiger partial charge in [0, 0.05) is 16.7 Å². The lowest BCUT2D eigenvalue weighted by Crippen LogP contribution is -1.92. The summed E-state index contributed by atoms with van der Waals surface area (Å²) in [4.78, 5) is 0. The molecule has 7 aromatic rings. The van der Waals surface area contributed by atoms with Crippen LogP contribution >= 0.6 is 15.9 Å². The molecular formula is C38H25BrO2. The molecule has 0 spiro atoms. The first kappa shape index (κ1) is 25.1. The Balaban J connectivity index is 1.55. The molecule has 0 aliphatic rings. The van der Waals surface area contributed by atoms with E-state index in [-0.39, 0.29) is 11.5 Å². The zero-order valence-electron chi connectivity index (χ0n) is 22.1. The van der Waals surface area contributed by atoms with Crippen LogP contribution in [-0.2, 0) is 0 Å². The van der Waals surface area contributed by atoms with Gasteiger partial charge in [-0.1, -0.05) is 115 Å². The van der Waals surface area contributed by atoms with Crippen LogP contribution in [0.4, 0.5) is 0 Å². The van der Waals surface area contributed by atoms with Crippen molar-refractivity contribution < 1.29 is 10.2 Å². The van der Waals surface area contributed by atoms with Gasteiger partial charge < -0.3 is 10.2 Å². The van der Waals surface area contributed by atoms with Crippen LogP contribution in [0, 0.1) is 0 Å². The molecule has 0 amide bonds. The van der Waals surface area contributed by atoms with Crippen LogP contribution in [0.15, 0.2) is 144 Å². The number of phenolic OH excluding ortho intramolecular Hbond substituents is 2. The van der Waals surface area contributed by atoms with Gasteiger partial charge in [-0.15, -0.1) is 0 Å². The summed E-state index contributed by atoms with van der Waals surface area (Å²) in [6.07, 6.45) is 0. The maximum Gasteiger partial charge on any atom is 0.138 e. The van der Waals surface area contributed by atoms with E-state index in [0.29, 0.717) is 21.2 Å². The molecule has 0 fully saturated rings. The third-order valence-electron chi connectivity index (χ3n) is 7.73. The molecule has 0 saturated heterocycles. The van der Waals surface area contributed by atoms with E-state index in [0.717, 1.165) is 49.4 Å². The summed E-state index contributed by atoms with van der Waals surface area (Å²) >= 11 is 3.61. The lowest BCUT2D eigenvalue weighted by atomic mass is 9.87. The van der Waals surface area contributed by atoms with Gasteiger partial charge in [0.2, 0.25) is 0 Å². The van der Waals surface area contributed by atoms with E-state index in [1.807, 2.05) is 91.0 Å². The monoisotopic (exact) mass is 592 g/mol. The summed E-state index contributed by atoms with van der Waals surface area (Å²) in [7, 11) is 0. The minimum Gasteiger partial charge on any atom is -0.507 e. The molecule has 2 nitrogen and oxygen atoms in total. The second kappa shape index (κ2) is 10.3. The Labute approximate surface area is 246 Å². The van der Waals surface area contributed by atoms with Gasteiger partial charge in [-0.25, -0.2) is 0 Å². The molecule has 0 heterocycles. The normalized spacial score (nSPS) is 11.2. The van der Waals surface area contributed by atoms with E-state index in [4.69, 9.17) is 0 Å². The zero-order chi connectivity index (χ0) is 27.9. The number of halogens is 1. The first-order valence-electron chi connectivity index (χ1n) is 13.5. The molecule has 7 aromatic carbocycles. The topological polar surface area (TPSA) is 40.5 Å². The molecule has 0 radical (unpaired) electrons. The molecule has 7 rings (SSSR count). The third kappa shape index (κ3) is 4.45. The van der Waals surface area contributed by atoms with Crippen molar-refractivity contribution in [2.24, 2.45) is 0 Å². The summed E-state index contributed by atoms with van der Waals surface area (Å²) in [5.74, 6) is 0.233. The fraction of sp³-hybridized carbons (Fsp3) is 0. The Morgan fingerprint density at radius 3 is 1.34 bits per heavy atom. The molecule has 0 saturated carbocycles. The highest BCUT2D eigenvalue weighted by atomic mass is 79.9. The molecule has 196 valence electrons. The predicted molar refractivity (Wildman–Crippen MR) is 174 cm³/mol. The van der Waals surface area contributed by atoms with Crippen molar-refractivity contribution in [3.8, 4) is 56.0 Å². The average molecular weight is 594 g/mol. The van der Waals surface area contributed by atoms with E-state index in [1.165, 1.54) is 0 Å². The highest BCUT2D eigenvalue weighted by Crippen LogP contribution is 2.51. The Morgan fingerprint density at radius 1 is 0.390 bits per heavy atom. The summed E-state index contributed by atoms with van der Waals surface area (Å²) in [5, 5.41) is 27.2. The molecule has 0 aromatic heterocycles. The first-order chi connectivity index (χ1) is 20.1. The van der Waals surface area contributed by atoms with E-state index in [9.17, 15) is 10.2 Å². The van der Waals surface area contributed by atoms with Gasteiger partial charge in [-0.05, 0) is 89.6 Å². The van der Waals surface area contributed by atoms with Crippen LogP contribution in [0.3, 0.4) is 0 Å².